The van der Waals surface area contributed by atoms with E-state index in [2.05, 4.69) is 20.9 Å². The first kappa shape index (κ1) is 22.8. The van der Waals surface area contributed by atoms with Crippen molar-refractivity contribution in [3.8, 4) is 22.8 Å². The number of halogens is 1. The molecule has 0 aliphatic carbocycles. The fourth-order valence-electron chi connectivity index (χ4n) is 4.46. The Hall–Kier alpha value is -3.69. The van der Waals surface area contributed by atoms with Crippen LogP contribution in [0.3, 0.4) is 0 Å². The first-order valence-electron chi connectivity index (χ1n) is 11.2. The van der Waals surface area contributed by atoms with Crippen LogP contribution >= 0.6 is 27.3 Å². The van der Waals surface area contributed by atoms with Crippen molar-refractivity contribution in [2.45, 2.75) is 19.9 Å². The van der Waals surface area contributed by atoms with Gasteiger partial charge in [-0.05, 0) is 61.9 Å². The molecule has 0 N–H and O–H groups in total. The quantitative estimate of drug-likeness (QED) is 0.363. The Kier molecular flexibility index (Phi) is 5.54. The molecule has 2 aliphatic rings. The summed E-state index contributed by atoms with van der Waals surface area (Å²) < 4.78 is 20.1. The van der Waals surface area contributed by atoms with E-state index in [0.29, 0.717) is 43.6 Å². The van der Waals surface area contributed by atoms with Gasteiger partial charge in [0.2, 0.25) is 6.79 Å². The maximum Gasteiger partial charge on any atom is 0.271 e. The zero-order valence-electron chi connectivity index (χ0n) is 19.3. The van der Waals surface area contributed by atoms with E-state index >= 15 is 0 Å². The number of ether oxygens (including phenoxy) is 2. The lowest BCUT2D eigenvalue weighted by Crippen LogP contribution is -2.39. The number of nitrogens with zero attached hydrogens (tertiary/aromatic N) is 2. The van der Waals surface area contributed by atoms with Crippen LogP contribution in [0.25, 0.3) is 17.4 Å². The second-order valence-electron chi connectivity index (χ2n) is 8.46. The van der Waals surface area contributed by atoms with Gasteiger partial charge in [0.05, 0.1) is 4.53 Å². The van der Waals surface area contributed by atoms with Crippen molar-refractivity contribution in [3.05, 3.63) is 101 Å². The second-order valence-corrected chi connectivity index (χ2v) is 10.4. The number of aromatic nitrogens is 1. The highest BCUT2D eigenvalue weighted by Gasteiger charge is 2.33. The number of Topliss-reactive ketones (excluding diaryl/α,β-unsaturated/α-hetero) is 1. The van der Waals surface area contributed by atoms with Crippen molar-refractivity contribution in [2.24, 2.45) is 4.99 Å². The van der Waals surface area contributed by atoms with Gasteiger partial charge in [-0.2, -0.15) is 0 Å². The predicted molar refractivity (Wildman–Crippen MR) is 139 cm³/mol. The molecule has 36 heavy (non-hydrogen) atoms. The number of allylic oxidation sites excluding steroid dienone is 2. The van der Waals surface area contributed by atoms with E-state index in [-0.39, 0.29) is 18.1 Å². The van der Waals surface area contributed by atoms with Crippen molar-refractivity contribution >= 4 is 39.1 Å². The molecule has 6 rings (SSSR count). The number of furan rings is 1. The van der Waals surface area contributed by atoms with Gasteiger partial charge in [0.25, 0.3) is 5.56 Å². The fraction of sp³-hybridized carbons (Fsp3) is 0.148. The minimum Gasteiger partial charge on any atom is -0.458 e. The van der Waals surface area contributed by atoms with Gasteiger partial charge in [0, 0.05) is 21.3 Å². The molecule has 2 aliphatic heterocycles. The van der Waals surface area contributed by atoms with Crippen LogP contribution in [-0.2, 0) is 4.79 Å². The minimum atomic E-state index is -0.707. The lowest BCUT2D eigenvalue weighted by atomic mass is 9.98. The highest BCUT2D eigenvalue weighted by Crippen LogP contribution is 2.35. The third-order valence-corrected chi connectivity index (χ3v) is 7.63. The van der Waals surface area contributed by atoms with E-state index in [1.807, 2.05) is 54.6 Å². The second kappa shape index (κ2) is 8.76. The molecule has 0 radical (unpaired) electrons. The summed E-state index contributed by atoms with van der Waals surface area (Å²) in [6.07, 6.45) is 1.80. The Morgan fingerprint density at radius 3 is 2.67 bits per heavy atom. The molecule has 1 atom stereocenters. The number of hydrogen-bond acceptors (Lipinski definition) is 7. The molecule has 7 nitrogen and oxygen atoms in total. The number of carbonyl (C=O) groups is 1. The van der Waals surface area contributed by atoms with Gasteiger partial charge < -0.3 is 13.9 Å². The average molecular weight is 563 g/mol. The van der Waals surface area contributed by atoms with Crippen LogP contribution in [0.4, 0.5) is 0 Å². The monoisotopic (exact) mass is 562 g/mol. The summed E-state index contributed by atoms with van der Waals surface area (Å²) in [5, 5.41) is 0. The number of thiazole rings is 1. The van der Waals surface area contributed by atoms with Gasteiger partial charge in [-0.3, -0.25) is 14.2 Å². The summed E-state index contributed by atoms with van der Waals surface area (Å²) in [5.41, 5.74) is 2.47. The summed E-state index contributed by atoms with van der Waals surface area (Å²) >= 11 is 4.72. The van der Waals surface area contributed by atoms with Crippen LogP contribution in [0.5, 0.6) is 11.5 Å². The molecule has 180 valence electrons. The summed E-state index contributed by atoms with van der Waals surface area (Å²) in [5.74, 6) is 2.31. The Morgan fingerprint density at radius 1 is 1.11 bits per heavy atom. The number of rotatable bonds is 4. The van der Waals surface area contributed by atoms with Gasteiger partial charge in [-0.25, -0.2) is 4.99 Å². The summed E-state index contributed by atoms with van der Waals surface area (Å²) in [6, 6.07) is 16.2. The maximum absolute atomic E-state index is 13.7. The van der Waals surface area contributed by atoms with E-state index in [1.165, 1.54) is 18.3 Å². The average Bonchev–Trinajstić information content (AvgIpc) is 3.58. The third-order valence-electron chi connectivity index (χ3n) is 6.12. The molecule has 0 saturated heterocycles. The molecule has 0 saturated carbocycles. The molecular weight excluding hydrogens is 544 g/mol. The Bertz CT molecular complexity index is 1740. The van der Waals surface area contributed by atoms with Crippen LogP contribution < -0.4 is 24.4 Å². The zero-order valence-corrected chi connectivity index (χ0v) is 21.7. The Labute approximate surface area is 217 Å². The summed E-state index contributed by atoms with van der Waals surface area (Å²) in [7, 11) is 0. The van der Waals surface area contributed by atoms with Crippen molar-refractivity contribution in [3.63, 3.8) is 0 Å². The van der Waals surface area contributed by atoms with Gasteiger partial charge >= 0.3 is 0 Å². The Morgan fingerprint density at radius 2 is 1.89 bits per heavy atom. The van der Waals surface area contributed by atoms with Crippen molar-refractivity contribution < 1.29 is 18.7 Å². The van der Waals surface area contributed by atoms with E-state index in [4.69, 9.17) is 13.9 Å². The molecule has 0 spiro atoms. The van der Waals surface area contributed by atoms with Crippen LogP contribution in [-0.4, -0.2) is 17.1 Å². The van der Waals surface area contributed by atoms with Crippen molar-refractivity contribution in [2.75, 3.05) is 6.79 Å². The first-order chi connectivity index (χ1) is 17.4. The van der Waals surface area contributed by atoms with Gasteiger partial charge in [0.15, 0.2) is 22.1 Å². The lowest BCUT2D eigenvalue weighted by Gasteiger charge is -2.22. The topological polar surface area (TPSA) is 83.0 Å². The molecule has 0 unspecified atom stereocenters. The summed E-state index contributed by atoms with van der Waals surface area (Å²) in [4.78, 5) is 31.5. The largest absolute Gasteiger partial charge is 0.458 e. The molecule has 0 fully saturated rings. The lowest BCUT2D eigenvalue weighted by molar-refractivity contribution is -0.114. The predicted octanol–water partition coefficient (Wildman–Crippen LogP) is 4.58. The fourth-order valence-corrected chi connectivity index (χ4v) is 5.77. The normalized spacial score (nSPS) is 16.8. The van der Waals surface area contributed by atoms with Crippen LogP contribution in [0.1, 0.15) is 31.2 Å². The highest BCUT2D eigenvalue weighted by molar-refractivity contribution is 9.10. The maximum atomic E-state index is 13.7. The number of fused-ring (bicyclic) bond motifs is 2. The van der Waals surface area contributed by atoms with E-state index in [0.717, 1.165) is 15.6 Å². The number of ketones is 1. The molecule has 2 aromatic carbocycles. The van der Waals surface area contributed by atoms with Gasteiger partial charge in [-0.15, -0.1) is 0 Å². The molecule has 4 aromatic rings. The van der Waals surface area contributed by atoms with Crippen molar-refractivity contribution in [1.82, 2.24) is 4.57 Å². The van der Waals surface area contributed by atoms with Crippen LogP contribution in [0, 0.1) is 0 Å². The van der Waals surface area contributed by atoms with Gasteiger partial charge in [-0.1, -0.05) is 45.5 Å². The molecule has 0 amide bonds. The number of hydrogen-bond donors (Lipinski definition) is 0. The smallest absolute Gasteiger partial charge is 0.271 e. The highest BCUT2D eigenvalue weighted by atomic mass is 79.9. The number of carbonyl (C=O) groups excluding carboxylic acids is 1. The van der Waals surface area contributed by atoms with E-state index in [1.54, 1.807) is 17.6 Å². The third kappa shape index (κ3) is 3.84. The molecule has 0 bridgehead atoms. The van der Waals surface area contributed by atoms with E-state index in [9.17, 15) is 9.59 Å². The van der Waals surface area contributed by atoms with Crippen LogP contribution in [0.2, 0.25) is 0 Å². The SMILES string of the molecule is CC(=O)C1=C(C)N=c2s/c(=C/c3ccc4c(c3)OCO4)c(=O)n2[C@@H]1c1ccc(-c2ccc(Br)cc2)o1. The van der Waals surface area contributed by atoms with Crippen LogP contribution in [0.15, 0.2) is 84.5 Å². The molecule has 2 aromatic heterocycles. The minimum absolute atomic E-state index is 0.159. The number of benzene rings is 2. The molecular formula is C27H19BrN2O5S. The molecule has 9 heteroatoms. The first-order valence-corrected chi connectivity index (χ1v) is 12.8. The standard InChI is InChI=1S/C27H19BrN2O5S/c1-14-24(15(2)31)25(21-10-9-19(35-21)17-4-6-18(28)7-5-17)30-26(32)23(36-27(30)29-14)12-16-3-8-20-22(11-16)34-13-33-20/h3-12,25H,13H2,1-2H3/b23-12+/t25-/m1/s1. The Balaban J connectivity index is 1.49. The molecule has 4 heterocycles. The van der Waals surface area contributed by atoms with E-state index < -0.39 is 6.04 Å². The summed E-state index contributed by atoms with van der Waals surface area (Å²) in [6.45, 7) is 3.46. The zero-order chi connectivity index (χ0) is 25.0. The van der Waals surface area contributed by atoms with Crippen molar-refractivity contribution in [1.29, 1.82) is 0 Å². The van der Waals surface area contributed by atoms with Gasteiger partial charge in [0.1, 0.15) is 17.6 Å².